The van der Waals surface area contributed by atoms with Crippen molar-refractivity contribution in [1.82, 2.24) is 4.90 Å². The third-order valence-corrected chi connectivity index (χ3v) is 1.66. The quantitative estimate of drug-likeness (QED) is 0.361. The van der Waals surface area contributed by atoms with Crippen LogP contribution in [0.2, 0.25) is 0 Å². The molecule has 0 aromatic carbocycles. The lowest BCUT2D eigenvalue weighted by Gasteiger charge is -2.12. The van der Waals surface area contributed by atoms with Gasteiger partial charge in [-0.2, -0.15) is 0 Å². The Balaban J connectivity index is 3.75. The van der Waals surface area contributed by atoms with E-state index in [1.165, 1.54) is 12.2 Å². The second-order valence-electron chi connectivity index (χ2n) is 2.89. The van der Waals surface area contributed by atoms with Gasteiger partial charge in [-0.1, -0.05) is 6.08 Å². The molecule has 2 amide bonds. The van der Waals surface area contributed by atoms with Gasteiger partial charge in [-0.3, -0.25) is 19.3 Å². The van der Waals surface area contributed by atoms with E-state index in [0.29, 0.717) is 6.41 Å². The van der Waals surface area contributed by atoms with Crippen molar-refractivity contribution >= 4 is 18.3 Å². The first-order chi connectivity index (χ1) is 7.61. The molecule has 0 heterocycles. The third-order valence-electron chi connectivity index (χ3n) is 1.66. The van der Waals surface area contributed by atoms with Crippen LogP contribution < -0.4 is 0 Å². The van der Waals surface area contributed by atoms with E-state index >= 15 is 0 Å². The number of hydrogen-bond donors (Lipinski definition) is 1. The minimum atomic E-state index is -0.947. The van der Waals surface area contributed by atoms with E-state index in [-0.39, 0.29) is 26.2 Å². The Morgan fingerprint density at radius 1 is 1.38 bits per heavy atom. The highest BCUT2D eigenvalue weighted by Gasteiger charge is 2.08. The number of carbonyl (C=O) groups is 3. The molecular formula is C10H15NO5. The van der Waals surface area contributed by atoms with E-state index < -0.39 is 11.9 Å². The molecule has 0 aliphatic heterocycles. The van der Waals surface area contributed by atoms with E-state index in [1.54, 1.807) is 6.92 Å². The summed E-state index contributed by atoms with van der Waals surface area (Å²) in [5, 5.41) is 8.32. The first-order valence-electron chi connectivity index (χ1n) is 4.80. The summed E-state index contributed by atoms with van der Waals surface area (Å²) in [6.07, 6.45) is 3.13. The summed E-state index contributed by atoms with van der Waals surface area (Å²) in [7, 11) is 0. The lowest BCUT2D eigenvalue weighted by atomic mass is 10.4. The molecule has 0 spiro atoms. The molecule has 0 saturated heterocycles. The molecule has 0 aromatic rings. The molecule has 0 radical (unpaired) electrons. The molecule has 0 saturated carbocycles. The first kappa shape index (κ1) is 14.3. The summed E-state index contributed by atoms with van der Waals surface area (Å²) in [4.78, 5) is 32.8. The summed E-state index contributed by atoms with van der Waals surface area (Å²) in [5.41, 5.74) is 0. The fourth-order valence-corrected chi connectivity index (χ4v) is 0.878. The van der Waals surface area contributed by atoms with Crippen molar-refractivity contribution in [2.45, 2.75) is 13.3 Å². The predicted molar refractivity (Wildman–Crippen MR) is 55.7 cm³/mol. The van der Waals surface area contributed by atoms with Crippen LogP contribution in [0, 0.1) is 0 Å². The second-order valence-corrected chi connectivity index (χ2v) is 2.89. The van der Waals surface area contributed by atoms with Gasteiger partial charge in [0.25, 0.3) is 5.91 Å². The molecule has 0 aliphatic rings. The lowest BCUT2D eigenvalue weighted by Crippen LogP contribution is -2.31. The molecule has 0 aromatic heterocycles. The van der Waals surface area contributed by atoms with Gasteiger partial charge >= 0.3 is 5.97 Å². The van der Waals surface area contributed by atoms with Crippen LogP contribution in [0.3, 0.4) is 0 Å². The topological polar surface area (TPSA) is 83.9 Å². The maximum Gasteiger partial charge on any atom is 0.305 e. The van der Waals surface area contributed by atoms with E-state index in [1.807, 2.05) is 0 Å². The van der Waals surface area contributed by atoms with Crippen molar-refractivity contribution in [2.75, 3.05) is 19.8 Å². The second kappa shape index (κ2) is 8.60. The number of carboxylic acids is 1. The minimum absolute atomic E-state index is 0.0693. The number of imide groups is 1. The molecule has 6 nitrogen and oxygen atoms in total. The van der Waals surface area contributed by atoms with Gasteiger partial charge in [0.1, 0.15) is 0 Å². The van der Waals surface area contributed by atoms with Crippen molar-refractivity contribution < 1.29 is 24.2 Å². The van der Waals surface area contributed by atoms with Gasteiger partial charge in [0.05, 0.1) is 26.2 Å². The Morgan fingerprint density at radius 3 is 2.56 bits per heavy atom. The van der Waals surface area contributed by atoms with E-state index in [0.717, 1.165) is 4.90 Å². The van der Waals surface area contributed by atoms with Crippen LogP contribution in [0.15, 0.2) is 12.2 Å². The van der Waals surface area contributed by atoms with Gasteiger partial charge in [-0.25, -0.2) is 0 Å². The van der Waals surface area contributed by atoms with Crippen LogP contribution in [0.4, 0.5) is 0 Å². The first-order valence-corrected chi connectivity index (χ1v) is 4.80. The number of allylic oxidation sites excluding steroid dienone is 1. The van der Waals surface area contributed by atoms with Gasteiger partial charge in [0.15, 0.2) is 0 Å². The molecule has 0 rings (SSSR count). The SMILES string of the molecule is C/C=C\C(=O)N(C=O)CCOCCC(=O)O. The standard InChI is InChI=1S/C10H15NO5/c1-2-3-9(13)11(8-12)5-7-16-6-4-10(14)15/h2-3,8H,4-7H2,1H3,(H,14,15)/b3-2-. The lowest BCUT2D eigenvalue weighted by molar-refractivity contribution is -0.139. The number of aliphatic carboxylic acids is 1. The number of nitrogens with zero attached hydrogens (tertiary/aromatic N) is 1. The zero-order valence-electron chi connectivity index (χ0n) is 9.09. The Bertz CT molecular complexity index is 274. The Morgan fingerprint density at radius 2 is 2.06 bits per heavy atom. The number of carbonyl (C=O) groups excluding carboxylic acids is 2. The van der Waals surface area contributed by atoms with Gasteiger partial charge < -0.3 is 9.84 Å². The molecule has 90 valence electrons. The number of carboxylic acid groups (broad SMARTS) is 1. The van der Waals surface area contributed by atoms with E-state index in [4.69, 9.17) is 9.84 Å². The summed E-state index contributed by atoms with van der Waals surface area (Å²) < 4.78 is 4.95. The highest BCUT2D eigenvalue weighted by atomic mass is 16.5. The molecule has 0 bridgehead atoms. The van der Waals surface area contributed by atoms with Crippen molar-refractivity contribution in [3.05, 3.63) is 12.2 Å². The smallest absolute Gasteiger partial charge is 0.305 e. The summed E-state index contributed by atoms with van der Waals surface area (Å²) >= 11 is 0. The predicted octanol–water partition coefficient (Wildman–Crippen LogP) is 0.0388. The number of rotatable bonds is 8. The molecule has 0 unspecified atom stereocenters. The Hall–Kier alpha value is -1.69. The van der Waals surface area contributed by atoms with Gasteiger partial charge in [0.2, 0.25) is 6.41 Å². The Kier molecular flexibility index (Phi) is 7.70. The monoisotopic (exact) mass is 229 g/mol. The largest absolute Gasteiger partial charge is 0.481 e. The molecule has 1 N–H and O–H groups in total. The maximum absolute atomic E-state index is 11.2. The number of ether oxygens (including phenoxy) is 1. The normalized spacial score (nSPS) is 10.3. The zero-order valence-corrected chi connectivity index (χ0v) is 9.09. The van der Waals surface area contributed by atoms with Crippen molar-refractivity contribution in [3.63, 3.8) is 0 Å². The summed E-state index contributed by atoms with van der Waals surface area (Å²) in [6.45, 7) is 1.99. The van der Waals surface area contributed by atoms with Crippen LogP contribution in [0.1, 0.15) is 13.3 Å². The molecule has 6 heteroatoms. The van der Waals surface area contributed by atoms with Crippen LogP contribution in [-0.2, 0) is 19.1 Å². The van der Waals surface area contributed by atoms with Gasteiger partial charge in [-0.15, -0.1) is 0 Å². The fourth-order valence-electron chi connectivity index (χ4n) is 0.878. The van der Waals surface area contributed by atoms with Gasteiger partial charge in [0, 0.05) is 0 Å². The Labute approximate surface area is 93.5 Å². The average molecular weight is 229 g/mol. The molecule has 16 heavy (non-hydrogen) atoms. The number of amides is 2. The van der Waals surface area contributed by atoms with Crippen molar-refractivity contribution in [3.8, 4) is 0 Å². The average Bonchev–Trinajstić information content (AvgIpc) is 2.23. The summed E-state index contributed by atoms with van der Waals surface area (Å²) in [6, 6.07) is 0. The van der Waals surface area contributed by atoms with Crippen LogP contribution >= 0.6 is 0 Å². The zero-order chi connectivity index (χ0) is 12.4. The maximum atomic E-state index is 11.2. The van der Waals surface area contributed by atoms with Crippen LogP contribution in [-0.4, -0.2) is 48.1 Å². The molecule has 0 fully saturated rings. The summed E-state index contributed by atoms with van der Waals surface area (Å²) in [5.74, 6) is -1.36. The van der Waals surface area contributed by atoms with Gasteiger partial charge in [-0.05, 0) is 13.0 Å². The fraction of sp³-hybridized carbons (Fsp3) is 0.500. The third kappa shape index (κ3) is 6.72. The van der Waals surface area contributed by atoms with Crippen molar-refractivity contribution in [2.24, 2.45) is 0 Å². The highest BCUT2D eigenvalue weighted by molar-refractivity contribution is 5.94. The van der Waals surface area contributed by atoms with Crippen LogP contribution in [0.5, 0.6) is 0 Å². The molecule has 0 aliphatic carbocycles. The number of hydrogen-bond acceptors (Lipinski definition) is 4. The van der Waals surface area contributed by atoms with E-state index in [9.17, 15) is 14.4 Å². The van der Waals surface area contributed by atoms with E-state index in [2.05, 4.69) is 0 Å². The molecular weight excluding hydrogens is 214 g/mol. The van der Waals surface area contributed by atoms with Crippen molar-refractivity contribution in [1.29, 1.82) is 0 Å². The highest BCUT2D eigenvalue weighted by Crippen LogP contribution is 1.90. The minimum Gasteiger partial charge on any atom is -0.481 e. The van der Waals surface area contributed by atoms with Crippen LogP contribution in [0.25, 0.3) is 0 Å². The molecule has 0 atom stereocenters.